The Morgan fingerprint density at radius 2 is 0.588 bits per heavy atom. The first-order valence-corrected chi connectivity index (χ1v) is 43.6. The number of aliphatic hydroxyl groups is 6. The molecule has 6 fully saturated rings. The van der Waals surface area contributed by atoms with Crippen LogP contribution >= 0.6 is 68.2 Å². The van der Waals surface area contributed by atoms with Gasteiger partial charge in [-0.15, -0.1) is 0 Å². The molecular weight excluding hydrogens is 1570 g/mol. The second-order valence-corrected chi connectivity index (χ2v) is 37.4. The smallest absolute Gasteiger partial charge is 0.390 e. The zero-order valence-electron chi connectivity index (χ0n) is 51.3. The molecule has 0 bridgehead atoms. The van der Waals surface area contributed by atoms with E-state index in [1.165, 1.54) is 6.92 Å². The fourth-order valence-electron chi connectivity index (χ4n) is 8.05. The van der Waals surface area contributed by atoms with Crippen molar-refractivity contribution in [2.24, 2.45) is 29.6 Å². The van der Waals surface area contributed by atoms with Crippen molar-refractivity contribution < 1.29 is 204 Å². The third-order valence-corrected chi connectivity index (χ3v) is 24.0. The number of hydrogen-bond donors (Lipinski definition) is 19. The molecule has 6 heterocycles. The summed E-state index contributed by atoms with van der Waals surface area (Å²) in [6.07, 6.45) is -17.2. The van der Waals surface area contributed by atoms with E-state index < -0.39 is 197 Å². The molecule has 97 heavy (non-hydrogen) atoms. The molecule has 59 heteroatoms. The molecule has 6 aliphatic rings. The first-order valence-electron chi connectivity index (χ1n) is 27.0. The Morgan fingerprint density at radius 3 is 0.794 bits per heavy atom. The number of hydrogen-bond acceptors (Lipinski definition) is 30. The van der Waals surface area contributed by atoms with E-state index in [2.05, 4.69) is 31.0 Å². The average Bonchev–Trinajstić information content (AvgIpc) is 1.74. The third kappa shape index (κ3) is 38.9. The van der Waals surface area contributed by atoms with E-state index in [0.717, 1.165) is 6.66 Å². The van der Waals surface area contributed by atoms with E-state index in [1.807, 2.05) is 15.1 Å². The monoisotopic (exact) mass is 1650 g/mol. The molecule has 560 valence electrons. The SMILES string of the molecule is C.C[C@@H]1O[C@H](COP(=O)(O)O)[C@@H](O)[C@H]1F.[B][C@@H]1O[C@H](COP(=O)(O)O)[C@@H](O)[C@H]1C.[B][C@@H]1O[C@H](COP(=O)(O)O)[C@@H](O)[C@H]1C.[B][C@@H]1O[C@H](COP(C)(=O)OP(=O)(O)O)[C@@H](O)[C@H]1C.[B][C@@H]1O[C@H](COP(O)(=[Se])OP(=O)(O)O)[C@@H](O)[C@H]1C.[B][C@@H]1O[C@H](COP([B])(=O)OP(=O)(O)O)[C@@H](O)[C@H]1C. The van der Waals surface area contributed by atoms with Crippen molar-refractivity contribution in [3.63, 3.8) is 0 Å². The second kappa shape index (κ2) is 41.4. The fourth-order valence-corrected chi connectivity index (χ4v) is 16.6. The molecule has 19 N–H and O–H groups in total. The van der Waals surface area contributed by atoms with Crippen LogP contribution in [0.15, 0.2) is 0 Å². The van der Waals surface area contributed by atoms with Gasteiger partial charge in [0.25, 0.3) is 7.47 Å². The quantitative estimate of drug-likeness (QED) is 0.0325. The summed E-state index contributed by atoms with van der Waals surface area (Å²) in [5.74, 6) is -1.55. The van der Waals surface area contributed by atoms with Gasteiger partial charge in [-0.25, -0.2) is 35.8 Å². The second-order valence-electron chi connectivity index (χ2n) is 21.5. The fraction of sp³-hybridized carbons (Fsp3) is 1.00. The molecule has 6 rings (SSSR count). The molecule has 0 spiro atoms. The van der Waals surface area contributed by atoms with Crippen molar-refractivity contribution in [1.29, 1.82) is 0 Å². The Hall–Kier alpha value is 1.75. The molecule has 6 saturated heterocycles. The van der Waals surface area contributed by atoms with E-state index in [1.54, 1.807) is 34.6 Å². The normalized spacial score (nSPS) is 37.1. The van der Waals surface area contributed by atoms with Crippen LogP contribution in [0.5, 0.6) is 0 Å². The van der Waals surface area contributed by atoms with Crippen molar-refractivity contribution in [2.75, 3.05) is 46.3 Å². The van der Waals surface area contributed by atoms with Crippen LogP contribution in [0.25, 0.3) is 0 Å². The van der Waals surface area contributed by atoms with Crippen molar-refractivity contribution in [3.8, 4) is 0 Å². The molecular formula is C38H80B6FO42P9Se. The van der Waals surface area contributed by atoms with Crippen LogP contribution in [0.4, 0.5) is 4.39 Å². The van der Waals surface area contributed by atoms with Crippen LogP contribution in [-0.2, 0) is 105 Å². The summed E-state index contributed by atoms with van der Waals surface area (Å²) in [7, 11) is -4.32. The maximum absolute atomic E-state index is 13.0. The Labute approximate surface area is 571 Å². The summed E-state index contributed by atoms with van der Waals surface area (Å²) in [6, 6.07) is -3.31. The van der Waals surface area contributed by atoms with Gasteiger partial charge in [-0.3, -0.25) is 22.7 Å². The number of halogens is 1. The van der Waals surface area contributed by atoms with Crippen LogP contribution in [0.2, 0.25) is 0 Å². The van der Waals surface area contributed by atoms with Gasteiger partial charge < -0.3 is 107 Å². The number of ether oxygens (including phenoxy) is 6. The van der Waals surface area contributed by atoms with Crippen molar-refractivity contribution in [3.05, 3.63) is 0 Å². The molecule has 6 aliphatic heterocycles. The topological polar surface area (TPSA) is 659 Å². The number of phosphoric acid groups is 6. The number of rotatable bonds is 24. The molecule has 0 amide bonds. The van der Waals surface area contributed by atoms with Gasteiger partial charge in [-0.05, 0) is 6.92 Å². The molecule has 0 saturated carbocycles. The maximum atomic E-state index is 13.0. The molecule has 3 unspecified atom stereocenters. The van der Waals surface area contributed by atoms with Gasteiger partial charge in [0.1, 0.15) is 68.0 Å². The Bertz CT molecular complexity index is 2540. The predicted octanol–water partition coefficient (Wildman–Crippen LogP) is -3.86. The largest absolute Gasteiger partial charge is 0.476 e. The van der Waals surface area contributed by atoms with Crippen LogP contribution < -0.4 is 0 Å². The minimum Gasteiger partial charge on any atom is -0.390 e. The van der Waals surface area contributed by atoms with Gasteiger partial charge in [-0.1, -0.05) is 35.1 Å². The summed E-state index contributed by atoms with van der Waals surface area (Å²) in [5, 5.41) is 57.2. The molecule has 42 nitrogen and oxygen atoms in total. The third-order valence-electron chi connectivity index (χ3n) is 13.6. The number of phosphoric ester groups is 3. The minimum absolute atomic E-state index is 0. The Kier molecular flexibility index (Phi) is 42.1. The zero-order chi connectivity index (χ0) is 75.2. The first kappa shape index (κ1) is 98.7. The number of alkyl halides is 1. The summed E-state index contributed by atoms with van der Waals surface area (Å²) in [5.41, 5.74) is 0. The predicted molar refractivity (Wildman–Crippen MR) is 333 cm³/mol. The van der Waals surface area contributed by atoms with E-state index >= 15 is 0 Å². The summed E-state index contributed by atoms with van der Waals surface area (Å²) in [6.45, 7) is 8.32. The van der Waals surface area contributed by atoms with Crippen molar-refractivity contribution in [2.45, 2.75) is 165 Å². The summed E-state index contributed by atoms with van der Waals surface area (Å²) >= 11 is 2.03. The zero-order valence-corrected chi connectivity index (χ0v) is 61.0. The van der Waals surface area contributed by atoms with Gasteiger partial charge in [0.2, 0.25) is 7.57 Å². The standard InChI is InChI=1S/C7H15BO8P2.C6H12B2O8P2.C6H13BO8P2Se.2C6H12BO6P.C6H12FO6P.CH4/c1-4-6(9)5(15-7(4)8)3-14-17(2,10)16-18(11,12)13;1-3-5(9)4(15-6(3)7)2-14-17(8,10)16-18(11,12)13;1-3-5(8)4(14-6(3)7)2-13-17(12,18)15-16(9,10)11;2*1-3-5(8)4(13-6(3)7)2-12-14(9,10)11;1-3-5(7)6(8)4(13-3)2-12-14(9,10)11;/h4-7,9H,3H2,1-2H3,(H2,11,12,13);3-6,9H,2H2,1H3,(H2,11,12,13);3-6,8H,2H2,1H3,(H,12,18)(H2,9,10,11);3*3-6,8H,2H2,1H3,(H2,9,10,11);1H4/t4-,5-,6+,7-,17?;2*3-,4-,5+,6-,17?;2*3-,4-,5+,6-;3-,4+,5-,6+;/m111110./s1. The molecule has 0 aromatic heterocycles. The molecule has 27 atom stereocenters. The molecule has 12 radical (unpaired) electrons. The van der Waals surface area contributed by atoms with Gasteiger partial charge in [-0.2, -0.15) is 0 Å². The van der Waals surface area contributed by atoms with E-state index in [-0.39, 0.29) is 63.4 Å². The van der Waals surface area contributed by atoms with Gasteiger partial charge in [0.05, 0.1) is 63.6 Å². The molecule has 0 aromatic carbocycles. The number of aliphatic hydroxyl groups excluding tert-OH is 6. The van der Waals surface area contributed by atoms with E-state index in [0.29, 0.717) is 0 Å². The van der Waals surface area contributed by atoms with Gasteiger partial charge in [0, 0.05) is 54.3 Å². The van der Waals surface area contributed by atoms with E-state index in [9.17, 15) is 76.4 Å². The van der Waals surface area contributed by atoms with Gasteiger partial charge in [0.15, 0.2) is 6.17 Å². The van der Waals surface area contributed by atoms with Crippen LogP contribution in [-0.4, -0.2) is 318 Å². The molecule has 0 aliphatic carbocycles. The Balaban J connectivity index is 0.00000114. The average molecular weight is 1650 g/mol. The molecule has 0 aromatic rings. The van der Waals surface area contributed by atoms with Crippen LogP contribution in [0, 0.1) is 29.6 Å². The first-order chi connectivity index (χ1) is 43.0. The van der Waals surface area contributed by atoms with E-state index in [4.69, 9.17) is 143 Å². The van der Waals surface area contributed by atoms with Crippen molar-refractivity contribution >= 4 is 130 Å². The van der Waals surface area contributed by atoms with Gasteiger partial charge >= 0.3 is 159 Å². The van der Waals surface area contributed by atoms with Crippen molar-refractivity contribution in [1.82, 2.24) is 0 Å². The van der Waals surface area contributed by atoms with Crippen LogP contribution in [0.1, 0.15) is 49.0 Å². The van der Waals surface area contributed by atoms with Crippen LogP contribution in [0.3, 0.4) is 0 Å². The maximum Gasteiger partial charge on any atom is 0.476 e. The summed E-state index contributed by atoms with van der Waals surface area (Å²) < 4.78 is 167. The summed E-state index contributed by atoms with van der Waals surface area (Å²) in [4.78, 5) is 111. The Morgan fingerprint density at radius 1 is 0.361 bits per heavy atom. The minimum atomic E-state index is -5.03.